The van der Waals surface area contributed by atoms with Crippen molar-refractivity contribution in [3.8, 4) is 22.6 Å². The van der Waals surface area contributed by atoms with E-state index in [9.17, 15) is 26.4 Å². The zero-order chi connectivity index (χ0) is 25.1. The summed E-state index contributed by atoms with van der Waals surface area (Å²) in [5.74, 6) is -0.736. The Bertz CT molecular complexity index is 1160. The molecule has 0 aromatic heterocycles. The van der Waals surface area contributed by atoms with Crippen LogP contribution in [0.25, 0.3) is 11.1 Å². The van der Waals surface area contributed by atoms with Crippen molar-refractivity contribution in [2.45, 2.75) is 44.7 Å². The summed E-state index contributed by atoms with van der Waals surface area (Å²) in [6, 6.07) is 7.41. The normalized spacial score (nSPS) is 14.6. The van der Waals surface area contributed by atoms with Crippen LogP contribution in [0, 0.1) is 6.92 Å². The second kappa shape index (κ2) is 10.2. The molecule has 11 heteroatoms. The zero-order valence-electron chi connectivity index (χ0n) is 18.9. The summed E-state index contributed by atoms with van der Waals surface area (Å²) in [6.07, 6.45) is 0.641. The Morgan fingerprint density at radius 3 is 2.59 bits per heavy atom. The molecule has 3 rings (SSSR count). The number of ether oxygens (including phenoxy) is 3. The summed E-state index contributed by atoms with van der Waals surface area (Å²) < 4.78 is 83.9. The van der Waals surface area contributed by atoms with Crippen LogP contribution < -0.4 is 8.92 Å². The Morgan fingerprint density at radius 2 is 1.94 bits per heavy atom. The summed E-state index contributed by atoms with van der Waals surface area (Å²) in [4.78, 5) is 12.6. The number of alkyl halides is 3. The number of hydrogen-bond acceptors (Lipinski definition) is 7. The van der Waals surface area contributed by atoms with E-state index < -0.39 is 33.4 Å². The van der Waals surface area contributed by atoms with E-state index in [1.165, 1.54) is 6.07 Å². The second-order valence-electron chi connectivity index (χ2n) is 7.70. The maximum absolute atomic E-state index is 13.1. The lowest BCUT2D eigenvalue weighted by Gasteiger charge is -2.25. The Hall–Kier alpha value is -2.79. The smallest absolute Gasteiger partial charge is 0.493 e. The van der Waals surface area contributed by atoms with Crippen LogP contribution in [0.1, 0.15) is 42.6 Å². The quantitative estimate of drug-likeness (QED) is 0.290. The highest BCUT2D eigenvalue weighted by molar-refractivity contribution is 7.88. The van der Waals surface area contributed by atoms with E-state index >= 15 is 0 Å². The van der Waals surface area contributed by atoms with Crippen LogP contribution in [0.3, 0.4) is 0 Å². The fraction of sp³-hybridized carbons (Fsp3) is 0.435. The molecule has 0 saturated carbocycles. The van der Waals surface area contributed by atoms with Gasteiger partial charge < -0.3 is 18.4 Å². The first-order chi connectivity index (χ1) is 16.0. The van der Waals surface area contributed by atoms with Gasteiger partial charge in [-0.3, -0.25) is 0 Å². The van der Waals surface area contributed by atoms with E-state index in [1.807, 2.05) is 6.92 Å². The van der Waals surface area contributed by atoms with E-state index in [4.69, 9.17) is 14.2 Å². The van der Waals surface area contributed by atoms with Gasteiger partial charge in [-0.1, -0.05) is 19.1 Å². The fourth-order valence-electron chi connectivity index (χ4n) is 3.70. The van der Waals surface area contributed by atoms with Crippen LogP contribution in [-0.2, 0) is 30.8 Å². The number of carbonyl (C=O) groups excluding carboxylic acids is 1. The van der Waals surface area contributed by atoms with Gasteiger partial charge in [0.15, 0.2) is 11.9 Å². The number of rotatable bonds is 8. The molecular formula is C23H25F3O7S. The molecule has 7 nitrogen and oxygen atoms in total. The zero-order valence-corrected chi connectivity index (χ0v) is 19.7. The molecule has 0 N–H and O–H groups in total. The van der Waals surface area contributed by atoms with Crippen LogP contribution in [0.5, 0.6) is 11.5 Å². The van der Waals surface area contributed by atoms with Gasteiger partial charge in [0.25, 0.3) is 0 Å². The summed E-state index contributed by atoms with van der Waals surface area (Å²) in [5.41, 5.74) is -3.86. The minimum atomic E-state index is -5.98. The van der Waals surface area contributed by atoms with Gasteiger partial charge in [-0.15, -0.1) is 0 Å². The third-order valence-corrected chi connectivity index (χ3v) is 6.24. The predicted octanol–water partition coefficient (Wildman–Crippen LogP) is 4.86. The molecule has 1 aliphatic rings. The van der Waals surface area contributed by atoms with Crippen molar-refractivity contribution in [3.63, 3.8) is 0 Å². The molecule has 186 valence electrons. The van der Waals surface area contributed by atoms with Crippen molar-refractivity contribution in [1.29, 1.82) is 0 Å². The van der Waals surface area contributed by atoms with Gasteiger partial charge in [-0.25, -0.2) is 4.79 Å². The first-order valence-corrected chi connectivity index (χ1v) is 12.0. The molecule has 1 aliphatic heterocycles. The maximum atomic E-state index is 13.1. The molecule has 0 amide bonds. The lowest BCUT2D eigenvalue weighted by atomic mass is 9.89. The van der Waals surface area contributed by atoms with Gasteiger partial charge in [-0.2, -0.15) is 21.6 Å². The highest BCUT2D eigenvalue weighted by Crippen LogP contribution is 2.43. The first-order valence-electron chi connectivity index (χ1n) is 10.6. The van der Waals surface area contributed by atoms with Crippen LogP contribution in [0.15, 0.2) is 30.3 Å². The molecular weight excluding hydrogens is 477 g/mol. The molecule has 0 bridgehead atoms. The first kappa shape index (κ1) is 25.8. The number of methoxy groups -OCH3 is 1. The predicted molar refractivity (Wildman–Crippen MR) is 117 cm³/mol. The molecule has 0 saturated heterocycles. The van der Waals surface area contributed by atoms with E-state index in [0.29, 0.717) is 36.3 Å². The van der Waals surface area contributed by atoms with Gasteiger partial charge in [-0.05, 0) is 61.1 Å². The Labute approximate surface area is 195 Å². The maximum Gasteiger partial charge on any atom is 0.534 e. The van der Waals surface area contributed by atoms with Gasteiger partial charge in [0.2, 0.25) is 0 Å². The molecule has 0 fully saturated rings. The summed E-state index contributed by atoms with van der Waals surface area (Å²) >= 11 is 0. The Balaban J connectivity index is 2.29. The minimum Gasteiger partial charge on any atom is -0.493 e. The third kappa shape index (κ3) is 5.30. The van der Waals surface area contributed by atoms with Crippen molar-refractivity contribution in [3.05, 3.63) is 47.0 Å². The second-order valence-corrected chi connectivity index (χ2v) is 9.24. The molecule has 1 atom stereocenters. The van der Waals surface area contributed by atoms with Crippen molar-refractivity contribution in [1.82, 2.24) is 0 Å². The van der Waals surface area contributed by atoms with Gasteiger partial charge in [0.1, 0.15) is 5.75 Å². The standard InChI is InChI=1S/C23H25F3O7S/c1-4-11-32-21(22(27)30-3)19-14(2)7-9-18(33-34(28,29)23(24,25)26)20(19)16-8-10-17-15(13-16)6-5-12-31-17/h7-10,13,21H,4-6,11-12H2,1-3H3. The third-order valence-electron chi connectivity index (χ3n) is 5.27. The van der Waals surface area contributed by atoms with E-state index in [1.54, 1.807) is 25.1 Å². The van der Waals surface area contributed by atoms with Gasteiger partial charge in [0, 0.05) is 17.7 Å². The van der Waals surface area contributed by atoms with Gasteiger partial charge >= 0.3 is 21.6 Å². The molecule has 34 heavy (non-hydrogen) atoms. The summed E-state index contributed by atoms with van der Waals surface area (Å²) in [7, 11) is -4.82. The monoisotopic (exact) mass is 502 g/mol. The average Bonchev–Trinajstić information content (AvgIpc) is 2.79. The number of hydrogen-bond donors (Lipinski definition) is 0. The van der Waals surface area contributed by atoms with Crippen LogP contribution in [0.4, 0.5) is 13.2 Å². The van der Waals surface area contributed by atoms with Crippen molar-refractivity contribution < 1.29 is 44.8 Å². The van der Waals surface area contributed by atoms with Gasteiger partial charge in [0.05, 0.1) is 13.7 Å². The van der Waals surface area contributed by atoms with Crippen molar-refractivity contribution in [2.75, 3.05) is 20.3 Å². The molecule has 0 aliphatic carbocycles. The van der Waals surface area contributed by atoms with Crippen LogP contribution in [-0.4, -0.2) is 40.2 Å². The molecule has 0 radical (unpaired) electrons. The minimum absolute atomic E-state index is 0.00676. The van der Waals surface area contributed by atoms with E-state index in [2.05, 4.69) is 4.18 Å². The topological polar surface area (TPSA) is 88.1 Å². The SMILES string of the molecule is CCCOC(C(=O)OC)c1c(C)ccc(OS(=O)(=O)C(F)(F)F)c1-c1ccc2c(c1)CCCO2. The summed E-state index contributed by atoms with van der Waals surface area (Å²) in [6.45, 7) is 4.15. The molecule has 2 aromatic carbocycles. The number of fused-ring (bicyclic) bond motifs is 1. The fourth-order valence-corrected chi connectivity index (χ4v) is 4.17. The highest BCUT2D eigenvalue weighted by atomic mass is 32.2. The van der Waals surface area contributed by atoms with Crippen LogP contribution in [0.2, 0.25) is 0 Å². The lowest BCUT2D eigenvalue weighted by Crippen LogP contribution is -2.28. The number of halogens is 3. The number of esters is 1. The molecule has 0 spiro atoms. The van der Waals surface area contributed by atoms with Crippen molar-refractivity contribution >= 4 is 16.1 Å². The Morgan fingerprint density at radius 1 is 1.21 bits per heavy atom. The number of carbonyl (C=O) groups is 1. The van der Waals surface area contributed by atoms with E-state index in [0.717, 1.165) is 25.2 Å². The molecule has 1 unspecified atom stereocenters. The van der Waals surface area contributed by atoms with Crippen molar-refractivity contribution in [2.24, 2.45) is 0 Å². The molecule has 2 aromatic rings. The summed E-state index contributed by atoms with van der Waals surface area (Å²) in [5, 5.41) is 0. The molecule has 1 heterocycles. The largest absolute Gasteiger partial charge is 0.534 e. The van der Waals surface area contributed by atoms with Crippen LogP contribution >= 0.6 is 0 Å². The number of benzene rings is 2. The van der Waals surface area contributed by atoms with E-state index in [-0.39, 0.29) is 17.7 Å². The average molecular weight is 503 g/mol. The number of aryl methyl sites for hydroxylation is 2. The Kier molecular flexibility index (Phi) is 7.77. The lowest BCUT2D eigenvalue weighted by molar-refractivity contribution is -0.154. The highest BCUT2D eigenvalue weighted by Gasteiger charge is 2.49.